The van der Waals surface area contributed by atoms with Gasteiger partial charge in [-0.1, -0.05) is 41.9 Å². The van der Waals surface area contributed by atoms with E-state index in [0.717, 1.165) is 16.2 Å². The lowest BCUT2D eigenvalue weighted by molar-refractivity contribution is -0.384. The number of benzene rings is 3. The highest BCUT2D eigenvalue weighted by Gasteiger charge is 2.13. The van der Waals surface area contributed by atoms with Gasteiger partial charge in [-0.25, -0.2) is 4.79 Å². The Bertz CT molecular complexity index is 1250. The van der Waals surface area contributed by atoms with E-state index >= 15 is 0 Å². The molecule has 0 saturated carbocycles. The van der Waals surface area contributed by atoms with E-state index < -0.39 is 10.5 Å². The highest BCUT2D eigenvalue weighted by molar-refractivity contribution is 6.32. The van der Waals surface area contributed by atoms with Crippen molar-refractivity contribution in [1.29, 1.82) is 0 Å². The minimum Gasteiger partial charge on any atom is -0.487 e. The number of hydrogen-bond acceptors (Lipinski definition) is 5. The minimum absolute atomic E-state index is 0.0631. The van der Waals surface area contributed by atoms with Crippen LogP contribution in [0.25, 0.3) is 21.7 Å². The zero-order chi connectivity index (χ0) is 19.0. The van der Waals surface area contributed by atoms with Crippen molar-refractivity contribution in [3.63, 3.8) is 0 Å². The molecule has 0 atom stereocenters. The van der Waals surface area contributed by atoms with Crippen molar-refractivity contribution in [1.82, 2.24) is 0 Å². The van der Waals surface area contributed by atoms with Crippen LogP contribution in [0.3, 0.4) is 0 Å². The van der Waals surface area contributed by atoms with Gasteiger partial charge in [0.2, 0.25) is 0 Å². The van der Waals surface area contributed by atoms with E-state index in [1.54, 1.807) is 6.07 Å². The number of hydrogen-bond donors (Lipinski definition) is 0. The molecule has 0 N–H and O–H groups in total. The normalized spacial score (nSPS) is 11.0. The van der Waals surface area contributed by atoms with Crippen LogP contribution in [0.4, 0.5) is 5.69 Å². The highest BCUT2D eigenvalue weighted by atomic mass is 35.5. The molecule has 0 spiro atoms. The fraction of sp³-hybridized carbons (Fsp3) is 0.0500. The maximum absolute atomic E-state index is 11.9. The first-order chi connectivity index (χ1) is 13.0. The molecular weight excluding hydrogens is 370 g/mol. The number of rotatable bonds is 4. The van der Waals surface area contributed by atoms with Crippen molar-refractivity contribution >= 4 is 39.0 Å². The molecule has 0 bridgehead atoms. The standard InChI is InChI=1S/C20H12ClNO5/c21-16-10-14(22(24)25)6-8-17(16)26-11-13-9-19(23)27-18-7-5-12-3-1-2-4-15(12)20(13)18/h1-10H,11H2. The first-order valence-corrected chi connectivity index (χ1v) is 8.42. The maximum atomic E-state index is 11.9. The summed E-state index contributed by atoms with van der Waals surface area (Å²) >= 11 is 6.07. The van der Waals surface area contributed by atoms with Crippen LogP contribution in [0.15, 0.2) is 69.9 Å². The monoisotopic (exact) mass is 381 g/mol. The van der Waals surface area contributed by atoms with Crippen LogP contribution in [-0.4, -0.2) is 4.92 Å². The molecule has 0 aliphatic rings. The van der Waals surface area contributed by atoms with Crippen LogP contribution in [0.1, 0.15) is 5.56 Å². The molecule has 134 valence electrons. The van der Waals surface area contributed by atoms with E-state index in [1.165, 1.54) is 24.3 Å². The van der Waals surface area contributed by atoms with E-state index in [0.29, 0.717) is 16.9 Å². The van der Waals surface area contributed by atoms with Crippen molar-refractivity contribution in [3.8, 4) is 5.75 Å². The molecule has 0 radical (unpaired) electrons. The van der Waals surface area contributed by atoms with E-state index in [9.17, 15) is 14.9 Å². The Morgan fingerprint density at radius 1 is 1.07 bits per heavy atom. The van der Waals surface area contributed by atoms with Gasteiger partial charge in [0.05, 0.1) is 9.95 Å². The second-order valence-electron chi connectivity index (χ2n) is 5.91. The SMILES string of the molecule is O=c1cc(COc2ccc([N+](=O)[O-])cc2Cl)c2c(ccc3ccccc32)o1. The van der Waals surface area contributed by atoms with Gasteiger partial charge in [-0.3, -0.25) is 10.1 Å². The summed E-state index contributed by atoms with van der Waals surface area (Å²) in [6, 6.07) is 16.8. The molecule has 0 aliphatic carbocycles. The van der Waals surface area contributed by atoms with Crippen molar-refractivity contribution in [2.24, 2.45) is 0 Å². The lowest BCUT2D eigenvalue weighted by atomic mass is 10.0. The number of ether oxygens (including phenoxy) is 1. The largest absolute Gasteiger partial charge is 0.487 e. The van der Waals surface area contributed by atoms with Crippen molar-refractivity contribution < 1.29 is 14.1 Å². The quantitative estimate of drug-likeness (QED) is 0.213. The van der Waals surface area contributed by atoms with Gasteiger partial charge in [-0.2, -0.15) is 0 Å². The summed E-state index contributed by atoms with van der Waals surface area (Å²) in [6.07, 6.45) is 0. The molecule has 27 heavy (non-hydrogen) atoms. The number of nitro groups is 1. The van der Waals surface area contributed by atoms with Gasteiger partial charge >= 0.3 is 5.63 Å². The molecule has 1 heterocycles. The Kier molecular flexibility index (Phi) is 4.25. The smallest absolute Gasteiger partial charge is 0.336 e. The summed E-state index contributed by atoms with van der Waals surface area (Å²) in [6.45, 7) is 0.0631. The van der Waals surface area contributed by atoms with Gasteiger partial charge in [-0.15, -0.1) is 0 Å². The molecule has 0 aliphatic heterocycles. The Hall–Kier alpha value is -3.38. The summed E-state index contributed by atoms with van der Waals surface area (Å²) in [5.41, 5.74) is 0.511. The molecular formula is C20H12ClNO5. The second-order valence-corrected chi connectivity index (χ2v) is 6.32. The summed E-state index contributed by atoms with van der Waals surface area (Å²) in [7, 11) is 0. The van der Waals surface area contributed by atoms with E-state index in [-0.39, 0.29) is 17.3 Å². The Balaban J connectivity index is 1.77. The second kappa shape index (κ2) is 6.74. The number of nitrogens with zero attached hydrogens (tertiary/aromatic N) is 1. The van der Waals surface area contributed by atoms with Crippen molar-refractivity contribution in [2.45, 2.75) is 6.61 Å². The van der Waals surface area contributed by atoms with E-state index in [1.807, 2.05) is 30.3 Å². The fourth-order valence-corrected chi connectivity index (χ4v) is 3.24. The molecule has 0 fully saturated rings. The number of fused-ring (bicyclic) bond motifs is 3. The summed E-state index contributed by atoms with van der Waals surface area (Å²) < 4.78 is 11.1. The average Bonchev–Trinajstić information content (AvgIpc) is 2.66. The number of nitro benzene ring substituents is 1. The zero-order valence-corrected chi connectivity index (χ0v) is 14.6. The van der Waals surface area contributed by atoms with Crippen LogP contribution in [0.2, 0.25) is 5.02 Å². The summed E-state index contributed by atoms with van der Waals surface area (Å²) in [4.78, 5) is 22.2. The van der Waals surface area contributed by atoms with Crippen molar-refractivity contribution in [3.05, 3.63) is 91.8 Å². The molecule has 0 amide bonds. The first-order valence-electron chi connectivity index (χ1n) is 8.04. The predicted octanol–water partition coefficient (Wildman–Crippen LogP) is 5.09. The highest BCUT2D eigenvalue weighted by Crippen LogP contribution is 2.31. The summed E-state index contributed by atoms with van der Waals surface area (Å²) in [5, 5.41) is 13.7. The Labute approximate surface area is 157 Å². The molecule has 6 nitrogen and oxygen atoms in total. The van der Waals surface area contributed by atoms with Crippen LogP contribution >= 0.6 is 11.6 Å². The zero-order valence-electron chi connectivity index (χ0n) is 13.8. The first kappa shape index (κ1) is 17.1. The van der Waals surface area contributed by atoms with Gasteiger partial charge in [0, 0.05) is 29.1 Å². The molecule has 4 aromatic rings. The topological polar surface area (TPSA) is 82.6 Å². The third-order valence-electron chi connectivity index (χ3n) is 4.22. The molecule has 4 rings (SSSR count). The molecule has 7 heteroatoms. The average molecular weight is 382 g/mol. The van der Waals surface area contributed by atoms with Gasteiger partial charge < -0.3 is 9.15 Å². The van der Waals surface area contributed by atoms with Gasteiger partial charge in [-0.05, 0) is 22.9 Å². The number of halogens is 1. The van der Waals surface area contributed by atoms with Crippen LogP contribution < -0.4 is 10.4 Å². The van der Waals surface area contributed by atoms with E-state index in [2.05, 4.69) is 0 Å². The predicted molar refractivity (Wildman–Crippen MR) is 102 cm³/mol. The van der Waals surface area contributed by atoms with E-state index in [4.69, 9.17) is 20.8 Å². The van der Waals surface area contributed by atoms with Crippen LogP contribution in [-0.2, 0) is 6.61 Å². The lowest BCUT2D eigenvalue weighted by Gasteiger charge is -2.11. The van der Waals surface area contributed by atoms with Gasteiger partial charge in [0.1, 0.15) is 17.9 Å². The number of non-ortho nitro benzene ring substituents is 1. The molecule has 3 aromatic carbocycles. The molecule has 0 unspecified atom stereocenters. The minimum atomic E-state index is -0.530. The molecule has 0 saturated heterocycles. The van der Waals surface area contributed by atoms with Crippen molar-refractivity contribution in [2.75, 3.05) is 0 Å². The third-order valence-corrected chi connectivity index (χ3v) is 4.52. The van der Waals surface area contributed by atoms with Crippen LogP contribution in [0.5, 0.6) is 5.75 Å². The Morgan fingerprint density at radius 3 is 2.67 bits per heavy atom. The fourth-order valence-electron chi connectivity index (χ4n) is 3.01. The van der Waals surface area contributed by atoms with Crippen LogP contribution in [0, 0.1) is 10.1 Å². The van der Waals surface area contributed by atoms with Gasteiger partial charge in [0.25, 0.3) is 5.69 Å². The third kappa shape index (κ3) is 3.22. The summed E-state index contributed by atoms with van der Waals surface area (Å²) in [5.74, 6) is 0.295. The lowest BCUT2D eigenvalue weighted by Crippen LogP contribution is -2.04. The Morgan fingerprint density at radius 2 is 1.89 bits per heavy atom. The molecule has 1 aromatic heterocycles. The maximum Gasteiger partial charge on any atom is 0.336 e. The van der Waals surface area contributed by atoms with Gasteiger partial charge in [0.15, 0.2) is 0 Å².